The molecule has 0 amide bonds. The number of benzene rings is 1. The van der Waals surface area contributed by atoms with Gasteiger partial charge in [0.15, 0.2) is 0 Å². The zero-order valence-corrected chi connectivity index (χ0v) is 14.7. The van der Waals surface area contributed by atoms with Gasteiger partial charge < -0.3 is 4.74 Å². The Hall–Kier alpha value is -0.603. The molecular weight excluding hydrogens is 248 g/mol. The minimum absolute atomic E-state index is 0.285. The van der Waals surface area contributed by atoms with Crippen LogP contribution in [-0.4, -0.2) is 21.8 Å². The van der Waals surface area contributed by atoms with Crippen molar-refractivity contribution in [3.63, 3.8) is 0 Å². The molecule has 19 heavy (non-hydrogen) atoms. The van der Waals surface area contributed by atoms with Crippen molar-refractivity contribution in [1.29, 1.82) is 0 Å². The van der Waals surface area contributed by atoms with Crippen LogP contribution in [0.1, 0.15) is 26.3 Å². The van der Waals surface area contributed by atoms with Crippen LogP contribution in [0.2, 0.25) is 19.6 Å². The van der Waals surface area contributed by atoms with Crippen LogP contribution < -0.4 is 5.19 Å². The van der Waals surface area contributed by atoms with Crippen molar-refractivity contribution in [3.8, 4) is 0 Å². The summed E-state index contributed by atoms with van der Waals surface area (Å²) in [6.45, 7) is 14.9. The zero-order valence-electron chi connectivity index (χ0n) is 13.7. The van der Waals surface area contributed by atoms with Crippen LogP contribution in [0.5, 0.6) is 0 Å². The van der Waals surface area contributed by atoms with Crippen molar-refractivity contribution in [2.75, 3.05) is 13.7 Å². The van der Waals surface area contributed by atoms with Gasteiger partial charge in [-0.2, -0.15) is 0 Å². The molecule has 0 aliphatic rings. The normalized spacial score (nSPS) is 14.5. The highest BCUT2D eigenvalue weighted by Crippen LogP contribution is 2.29. The molecule has 0 heterocycles. The van der Waals surface area contributed by atoms with Crippen LogP contribution in [0.4, 0.5) is 0 Å². The third kappa shape index (κ3) is 5.11. The van der Waals surface area contributed by atoms with E-state index >= 15 is 0 Å². The van der Waals surface area contributed by atoms with Crippen LogP contribution in [-0.2, 0) is 11.2 Å². The van der Waals surface area contributed by atoms with Gasteiger partial charge in [0.1, 0.15) is 0 Å². The second kappa shape index (κ2) is 6.23. The Balaban J connectivity index is 2.81. The third-order valence-corrected chi connectivity index (χ3v) is 5.96. The molecule has 1 nitrogen and oxygen atoms in total. The van der Waals surface area contributed by atoms with E-state index < -0.39 is 8.07 Å². The van der Waals surface area contributed by atoms with Gasteiger partial charge in [0.2, 0.25) is 0 Å². The second-order valence-corrected chi connectivity index (χ2v) is 12.7. The lowest BCUT2D eigenvalue weighted by molar-refractivity contribution is 0.0902. The molecule has 0 bridgehead atoms. The first-order chi connectivity index (χ1) is 8.64. The van der Waals surface area contributed by atoms with Crippen LogP contribution in [0, 0.1) is 11.3 Å². The fourth-order valence-electron chi connectivity index (χ4n) is 2.24. The first-order valence-electron chi connectivity index (χ1n) is 7.23. The Bertz CT molecular complexity index is 381. The van der Waals surface area contributed by atoms with Crippen molar-refractivity contribution in [2.24, 2.45) is 11.3 Å². The molecule has 0 fully saturated rings. The molecular formula is C17H30OSi. The Morgan fingerprint density at radius 3 is 1.95 bits per heavy atom. The summed E-state index contributed by atoms with van der Waals surface area (Å²) < 4.78 is 5.39. The lowest BCUT2D eigenvalue weighted by atomic mass is 9.78. The van der Waals surface area contributed by atoms with Crippen molar-refractivity contribution in [3.05, 3.63) is 29.8 Å². The number of hydrogen-bond acceptors (Lipinski definition) is 1. The van der Waals surface area contributed by atoms with Gasteiger partial charge in [0.05, 0.1) is 8.07 Å². The quantitative estimate of drug-likeness (QED) is 0.737. The van der Waals surface area contributed by atoms with Gasteiger partial charge in [-0.05, 0) is 23.3 Å². The zero-order chi connectivity index (χ0) is 14.7. The highest BCUT2D eigenvalue weighted by molar-refractivity contribution is 6.88. The molecule has 1 aromatic carbocycles. The first kappa shape index (κ1) is 16.5. The highest BCUT2D eigenvalue weighted by Gasteiger charge is 2.25. The maximum Gasteiger partial charge on any atom is 0.0775 e. The van der Waals surface area contributed by atoms with E-state index in [2.05, 4.69) is 64.7 Å². The lowest BCUT2D eigenvalue weighted by Gasteiger charge is -2.30. The van der Waals surface area contributed by atoms with E-state index in [0.29, 0.717) is 5.92 Å². The molecule has 1 atom stereocenters. The molecule has 0 N–H and O–H groups in total. The van der Waals surface area contributed by atoms with E-state index in [1.807, 2.05) is 0 Å². The summed E-state index contributed by atoms with van der Waals surface area (Å²) in [6.07, 6.45) is 1.10. The molecule has 1 unspecified atom stereocenters. The summed E-state index contributed by atoms with van der Waals surface area (Å²) in [4.78, 5) is 0. The number of ether oxygens (including phenoxy) is 1. The average molecular weight is 279 g/mol. The van der Waals surface area contributed by atoms with Crippen molar-refractivity contribution >= 4 is 13.3 Å². The molecule has 0 saturated carbocycles. The number of hydrogen-bond donors (Lipinski definition) is 0. The molecule has 0 radical (unpaired) electrons. The second-order valence-electron chi connectivity index (χ2n) is 7.67. The van der Waals surface area contributed by atoms with Crippen LogP contribution >= 0.6 is 0 Å². The van der Waals surface area contributed by atoms with E-state index in [1.165, 1.54) is 10.8 Å². The summed E-state index contributed by atoms with van der Waals surface area (Å²) in [7, 11) is 0.626. The van der Waals surface area contributed by atoms with Gasteiger partial charge in [0, 0.05) is 13.7 Å². The Morgan fingerprint density at radius 1 is 1.05 bits per heavy atom. The fourth-order valence-corrected chi connectivity index (χ4v) is 3.41. The average Bonchev–Trinajstić information content (AvgIpc) is 2.26. The maximum atomic E-state index is 5.39. The molecule has 0 saturated heterocycles. The summed E-state index contributed by atoms with van der Waals surface area (Å²) in [6, 6.07) is 9.27. The molecule has 0 spiro atoms. The SMILES string of the molecule is COCC(Cc1ccc([Si](C)(C)C)cc1)C(C)(C)C. The van der Waals surface area contributed by atoms with Crippen LogP contribution in [0.3, 0.4) is 0 Å². The van der Waals surface area contributed by atoms with E-state index in [0.717, 1.165) is 13.0 Å². The molecule has 2 heteroatoms. The minimum atomic E-state index is -1.17. The summed E-state index contributed by atoms with van der Waals surface area (Å²) in [5, 5.41) is 1.54. The van der Waals surface area contributed by atoms with Crippen LogP contribution in [0.25, 0.3) is 0 Å². The Morgan fingerprint density at radius 2 is 1.58 bits per heavy atom. The van der Waals surface area contributed by atoms with E-state index in [4.69, 9.17) is 4.74 Å². The molecule has 108 valence electrons. The third-order valence-electron chi connectivity index (χ3n) is 3.89. The monoisotopic (exact) mass is 278 g/mol. The van der Waals surface area contributed by atoms with Gasteiger partial charge >= 0.3 is 0 Å². The first-order valence-corrected chi connectivity index (χ1v) is 10.7. The molecule has 0 aliphatic carbocycles. The van der Waals surface area contributed by atoms with Crippen molar-refractivity contribution in [1.82, 2.24) is 0 Å². The van der Waals surface area contributed by atoms with Crippen molar-refractivity contribution in [2.45, 2.75) is 46.8 Å². The van der Waals surface area contributed by atoms with Gasteiger partial charge in [-0.3, -0.25) is 0 Å². The largest absolute Gasteiger partial charge is 0.384 e. The van der Waals surface area contributed by atoms with Gasteiger partial charge in [0.25, 0.3) is 0 Å². The van der Waals surface area contributed by atoms with E-state index in [1.54, 1.807) is 7.11 Å². The van der Waals surface area contributed by atoms with E-state index in [9.17, 15) is 0 Å². The lowest BCUT2D eigenvalue weighted by Crippen LogP contribution is -2.37. The standard InChI is InChI=1S/C17H30OSi/c1-17(2,3)15(13-18-4)12-14-8-10-16(11-9-14)19(5,6)7/h8-11,15H,12-13H2,1-7H3. The predicted molar refractivity (Wildman–Crippen MR) is 87.9 cm³/mol. The molecule has 0 aliphatic heterocycles. The maximum absolute atomic E-state index is 5.39. The van der Waals surface area contributed by atoms with Crippen LogP contribution in [0.15, 0.2) is 24.3 Å². The highest BCUT2D eigenvalue weighted by atomic mass is 28.3. The topological polar surface area (TPSA) is 9.23 Å². The summed E-state index contributed by atoms with van der Waals surface area (Å²) in [5.41, 5.74) is 1.71. The fraction of sp³-hybridized carbons (Fsp3) is 0.647. The number of methoxy groups -OCH3 is 1. The van der Waals surface area contributed by atoms with Gasteiger partial charge in [-0.15, -0.1) is 0 Å². The van der Waals surface area contributed by atoms with E-state index in [-0.39, 0.29) is 5.41 Å². The summed E-state index contributed by atoms with van der Waals surface area (Å²) in [5.74, 6) is 0.565. The molecule has 0 aromatic heterocycles. The Labute approximate surface area is 120 Å². The number of rotatable bonds is 5. The smallest absolute Gasteiger partial charge is 0.0775 e. The van der Waals surface area contributed by atoms with Crippen molar-refractivity contribution < 1.29 is 4.74 Å². The minimum Gasteiger partial charge on any atom is -0.384 e. The Kier molecular flexibility index (Phi) is 5.40. The molecule has 1 aromatic rings. The van der Waals surface area contributed by atoms with Gasteiger partial charge in [-0.25, -0.2) is 0 Å². The predicted octanol–water partition coefficient (Wildman–Crippen LogP) is 4.08. The molecule has 1 rings (SSSR count). The summed E-state index contributed by atoms with van der Waals surface area (Å²) >= 11 is 0. The van der Waals surface area contributed by atoms with Gasteiger partial charge in [-0.1, -0.05) is 69.9 Å².